The van der Waals surface area contributed by atoms with Crippen molar-refractivity contribution >= 4 is 23.2 Å². The van der Waals surface area contributed by atoms with Crippen LogP contribution in [0.5, 0.6) is 6.01 Å². The van der Waals surface area contributed by atoms with Gasteiger partial charge in [-0.15, -0.1) is 0 Å². The molecule has 0 N–H and O–H groups in total. The first-order valence-corrected chi connectivity index (χ1v) is 3.32. The van der Waals surface area contributed by atoms with Gasteiger partial charge in [-0.3, -0.25) is 0 Å². The number of halogens is 2. The van der Waals surface area contributed by atoms with E-state index >= 15 is 0 Å². The Morgan fingerprint density at radius 1 is 1.18 bits per heavy atom. The van der Waals surface area contributed by atoms with Gasteiger partial charge in [0.15, 0.2) is 0 Å². The van der Waals surface area contributed by atoms with E-state index < -0.39 is 0 Å². The summed E-state index contributed by atoms with van der Waals surface area (Å²) >= 11 is 10.8. The Bertz CT molecular complexity index is 258. The lowest BCUT2D eigenvalue weighted by Gasteiger charge is -1.96. The molecule has 0 fully saturated rings. The van der Waals surface area contributed by atoms with Gasteiger partial charge in [0.1, 0.15) is 0 Å². The standard InChI is InChI=1S/C5H3Cl2N3O/c1-2-11-5-9-3(6)8-4(7)10-5/h2H,1H2. The quantitative estimate of drug-likeness (QED) is 0.669. The molecule has 0 aliphatic rings. The maximum absolute atomic E-state index is 5.42. The zero-order valence-corrected chi connectivity index (χ0v) is 6.80. The van der Waals surface area contributed by atoms with Gasteiger partial charge in [0.2, 0.25) is 10.6 Å². The third kappa shape index (κ3) is 2.32. The molecule has 1 rings (SSSR count). The van der Waals surface area contributed by atoms with Crippen molar-refractivity contribution in [3.63, 3.8) is 0 Å². The number of ether oxygens (including phenoxy) is 1. The fraction of sp³-hybridized carbons (Fsp3) is 0. The van der Waals surface area contributed by atoms with Gasteiger partial charge in [0.05, 0.1) is 6.26 Å². The molecule has 6 heteroatoms. The van der Waals surface area contributed by atoms with Crippen LogP contribution in [0.2, 0.25) is 10.6 Å². The molecule has 0 spiro atoms. The van der Waals surface area contributed by atoms with E-state index in [1.165, 1.54) is 6.26 Å². The van der Waals surface area contributed by atoms with E-state index in [9.17, 15) is 0 Å². The first-order chi connectivity index (χ1) is 5.22. The van der Waals surface area contributed by atoms with Gasteiger partial charge >= 0.3 is 6.01 Å². The highest BCUT2D eigenvalue weighted by Crippen LogP contribution is 2.10. The second kappa shape index (κ2) is 3.50. The Hall–Kier alpha value is -0.870. The highest BCUT2D eigenvalue weighted by atomic mass is 35.5. The largest absolute Gasteiger partial charge is 0.433 e. The monoisotopic (exact) mass is 191 g/mol. The first kappa shape index (κ1) is 8.23. The molecule has 0 bridgehead atoms. The summed E-state index contributed by atoms with van der Waals surface area (Å²) in [7, 11) is 0. The van der Waals surface area contributed by atoms with Gasteiger partial charge in [-0.25, -0.2) is 0 Å². The molecule has 1 aromatic heterocycles. The van der Waals surface area contributed by atoms with Crippen LogP contribution >= 0.6 is 23.2 Å². The Morgan fingerprint density at radius 2 is 1.73 bits per heavy atom. The van der Waals surface area contributed by atoms with Crippen LogP contribution in [0.1, 0.15) is 0 Å². The van der Waals surface area contributed by atoms with Gasteiger partial charge in [0, 0.05) is 0 Å². The first-order valence-electron chi connectivity index (χ1n) is 2.57. The van der Waals surface area contributed by atoms with Crippen molar-refractivity contribution in [1.29, 1.82) is 0 Å². The molecular weight excluding hydrogens is 189 g/mol. The summed E-state index contributed by atoms with van der Waals surface area (Å²) in [6.07, 6.45) is 1.17. The summed E-state index contributed by atoms with van der Waals surface area (Å²) < 4.78 is 4.70. The molecular formula is C5H3Cl2N3O. The highest BCUT2D eigenvalue weighted by molar-refractivity contribution is 6.31. The Morgan fingerprint density at radius 3 is 2.18 bits per heavy atom. The Balaban J connectivity index is 2.98. The van der Waals surface area contributed by atoms with Crippen LogP contribution in [0.4, 0.5) is 0 Å². The summed E-state index contributed by atoms with van der Waals surface area (Å²) in [4.78, 5) is 10.7. The zero-order valence-electron chi connectivity index (χ0n) is 5.29. The minimum absolute atomic E-state index is 0.0122. The third-order valence-corrected chi connectivity index (χ3v) is 1.09. The van der Waals surface area contributed by atoms with Crippen molar-refractivity contribution < 1.29 is 4.74 Å². The average Bonchev–Trinajstić information content (AvgIpc) is 1.85. The fourth-order valence-electron chi connectivity index (χ4n) is 0.436. The number of hydrogen-bond donors (Lipinski definition) is 0. The van der Waals surface area contributed by atoms with Gasteiger partial charge in [-0.2, -0.15) is 15.0 Å². The molecule has 0 saturated heterocycles. The molecule has 0 unspecified atom stereocenters. The summed E-state index contributed by atoms with van der Waals surface area (Å²) in [5.41, 5.74) is 0. The number of nitrogens with zero attached hydrogens (tertiary/aromatic N) is 3. The predicted octanol–water partition coefficient (Wildman–Crippen LogP) is 1.70. The zero-order chi connectivity index (χ0) is 8.27. The van der Waals surface area contributed by atoms with Crippen LogP contribution in [0, 0.1) is 0 Å². The molecule has 4 nitrogen and oxygen atoms in total. The maximum atomic E-state index is 5.42. The molecule has 0 saturated carbocycles. The molecule has 0 radical (unpaired) electrons. The SMILES string of the molecule is C=COc1nc(Cl)nc(Cl)n1. The average molecular weight is 192 g/mol. The maximum Gasteiger partial charge on any atom is 0.327 e. The van der Waals surface area contributed by atoms with E-state index in [2.05, 4.69) is 21.5 Å². The molecule has 1 aromatic rings. The van der Waals surface area contributed by atoms with E-state index in [4.69, 9.17) is 27.9 Å². The molecule has 0 aliphatic heterocycles. The van der Waals surface area contributed by atoms with Crippen molar-refractivity contribution in [3.8, 4) is 6.01 Å². The van der Waals surface area contributed by atoms with Crippen LogP contribution in [-0.2, 0) is 0 Å². The van der Waals surface area contributed by atoms with Crippen LogP contribution in [0.15, 0.2) is 12.8 Å². The van der Waals surface area contributed by atoms with Crippen LogP contribution in [0.3, 0.4) is 0 Å². The third-order valence-electron chi connectivity index (χ3n) is 0.749. The minimum atomic E-state index is -0.0122. The molecule has 0 aromatic carbocycles. The molecule has 0 aliphatic carbocycles. The van der Waals surface area contributed by atoms with Crippen molar-refractivity contribution in [2.45, 2.75) is 0 Å². The van der Waals surface area contributed by atoms with E-state index in [-0.39, 0.29) is 16.6 Å². The topological polar surface area (TPSA) is 47.9 Å². The number of aromatic nitrogens is 3. The lowest BCUT2D eigenvalue weighted by Crippen LogP contribution is -1.93. The van der Waals surface area contributed by atoms with E-state index in [1.54, 1.807) is 0 Å². The van der Waals surface area contributed by atoms with Crippen molar-refractivity contribution in [1.82, 2.24) is 15.0 Å². The second-order valence-electron chi connectivity index (χ2n) is 1.44. The van der Waals surface area contributed by atoms with E-state index in [1.807, 2.05) is 0 Å². The summed E-state index contributed by atoms with van der Waals surface area (Å²) in [6.45, 7) is 3.31. The summed E-state index contributed by atoms with van der Waals surface area (Å²) in [5.74, 6) is 0. The Kier molecular flexibility index (Phi) is 2.62. The highest BCUT2D eigenvalue weighted by Gasteiger charge is 2.01. The molecule has 58 valence electrons. The molecule has 1 heterocycles. The number of rotatable bonds is 2. The second-order valence-corrected chi connectivity index (χ2v) is 2.12. The minimum Gasteiger partial charge on any atom is -0.433 e. The fourth-order valence-corrected chi connectivity index (χ4v) is 0.784. The van der Waals surface area contributed by atoms with Gasteiger partial charge in [-0.1, -0.05) is 6.58 Å². The summed E-state index contributed by atoms with van der Waals surface area (Å²) in [5, 5.41) is -0.0244. The summed E-state index contributed by atoms with van der Waals surface area (Å²) in [6, 6.07) is 0.0324. The van der Waals surface area contributed by atoms with Crippen molar-refractivity contribution in [2.75, 3.05) is 0 Å². The Labute approximate surface area is 72.9 Å². The molecule has 0 amide bonds. The van der Waals surface area contributed by atoms with Gasteiger partial charge in [-0.05, 0) is 23.2 Å². The smallest absolute Gasteiger partial charge is 0.327 e. The molecule has 11 heavy (non-hydrogen) atoms. The van der Waals surface area contributed by atoms with Gasteiger partial charge < -0.3 is 4.74 Å². The van der Waals surface area contributed by atoms with Crippen LogP contribution < -0.4 is 4.74 Å². The lowest BCUT2D eigenvalue weighted by molar-refractivity contribution is 0.439. The van der Waals surface area contributed by atoms with Crippen LogP contribution in [-0.4, -0.2) is 15.0 Å². The normalized spacial score (nSPS) is 9.27. The number of hydrogen-bond acceptors (Lipinski definition) is 4. The van der Waals surface area contributed by atoms with Crippen molar-refractivity contribution in [3.05, 3.63) is 23.4 Å². The van der Waals surface area contributed by atoms with E-state index in [0.29, 0.717) is 0 Å². The predicted molar refractivity (Wildman–Crippen MR) is 40.7 cm³/mol. The van der Waals surface area contributed by atoms with Gasteiger partial charge in [0.25, 0.3) is 0 Å². The van der Waals surface area contributed by atoms with Crippen LogP contribution in [0.25, 0.3) is 0 Å². The van der Waals surface area contributed by atoms with E-state index in [0.717, 1.165) is 0 Å². The van der Waals surface area contributed by atoms with Crippen molar-refractivity contribution in [2.24, 2.45) is 0 Å². The lowest BCUT2D eigenvalue weighted by atomic mass is 11.0. The molecule has 0 atom stereocenters.